The molecular formula is C25H22ClN7O. The summed E-state index contributed by atoms with van der Waals surface area (Å²) < 4.78 is 0. The van der Waals surface area contributed by atoms with Crippen molar-refractivity contribution in [3.63, 3.8) is 0 Å². The highest BCUT2D eigenvalue weighted by atomic mass is 35.5. The van der Waals surface area contributed by atoms with E-state index in [1.54, 1.807) is 45.4 Å². The van der Waals surface area contributed by atoms with Gasteiger partial charge in [0.2, 0.25) is 0 Å². The van der Waals surface area contributed by atoms with Gasteiger partial charge >= 0.3 is 0 Å². The number of halogens is 1. The number of amides is 1. The van der Waals surface area contributed by atoms with Gasteiger partial charge in [-0.1, -0.05) is 11.6 Å². The Bertz CT molecular complexity index is 1460. The van der Waals surface area contributed by atoms with E-state index < -0.39 is 11.3 Å². The molecule has 0 fully saturated rings. The molecule has 4 aromatic rings. The van der Waals surface area contributed by atoms with Crippen molar-refractivity contribution in [1.29, 1.82) is 5.26 Å². The van der Waals surface area contributed by atoms with Crippen LogP contribution >= 0.6 is 11.6 Å². The summed E-state index contributed by atoms with van der Waals surface area (Å²) in [5, 5.41) is 16.4. The Morgan fingerprint density at radius 1 is 1.09 bits per heavy atom. The SMILES string of the molecule is CNc1cc2ncc(-c3c(C)ncc(NC(=O)c4cc(C(C)(C)C#N)ccn4)c3Cl)cc2cn1. The number of aryl methyl sites for hydroxylation is 1. The van der Waals surface area contributed by atoms with Crippen LogP contribution in [0, 0.1) is 18.3 Å². The lowest BCUT2D eigenvalue weighted by Gasteiger charge is -2.16. The number of aromatic nitrogens is 4. The average Bonchev–Trinajstić information content (AvgIpc) is 2.85. The van der Waals surface area contributed by atoms with E-state index in [0.717, 1.165) is 22.3 Å². The highest BCUT2D eigenvalue weighted by Crippen LogP contribution is 2.36. The standard InChI is InChI=1S/C25H22ClN7O/c1-14-22(16-7-15-10-32-21(28-4)9-18(15)31-11-16)23(26)20(12-30-14)33-24(34)19-8-17(5-6-29-19)25(2,3)13-27/h5-12H,1-4H3,(H,28,32)(H,33,34). The topological polar surface area (TPSA) is 116 Å². The molecule has 4 heterocycles. The number of nitrogens with zero attached hydrogens (tertiary/aromatic N) is 5. The molecule has 0 unspecified atom stereocenters. The molecule has 4 rings (SSSR count). The van der Waals surface area contributed by atoms with E-state index >= 15 is 0 Å². The van der Waals surface area contributed by atoms with E-state index in [1.165, 1.54) is 12.4 Å². The van der Waals surface area contributed by atoms with Crippen LogP contribution in [0.5, 0.6) is 0 Å². The molecule has 0 aromatic carbocycles. The molecule has 8 nitrogen and oxygen atoms in total. The molecule has 0 saturated carbocycles. The monoisotopic (exact) mass is 471 g/mol. The minimum atomic E-state index is -0.750. The summed E-state index contributed by atoms with van der Waals surface area (Å²) in [6, 6.07) is 9.35. The summed E-state index contributed by atoms with van der Waals surface area (Å²) in [6.07, 6.45) is 6.48. The minimum absolute atomic E-state index is 0.179. The fourth-order valence-electron chi connectivity index (χ4n) is 3.49. The molecule has 34 heavy (non-hydrogen) atoms. The van der Waals surface area contributed by atoms with Gasteiger partial charge in [-0.15, -0.1) is 0 Å². The van der Waals surface area contributed by atoms with Crippen molar-refractivity contribution in [2.24, 2.45) is 0 Å². The molecule has 0 aliphatic heterocycles. The summed E-state index contributed by atoms with van der Waals surface area (Å²) in [4.78, 5) is 30.4. The number of carbonyl (C=O) groups is 1. The van der Waals surface area contributed by atoms with Crippen LogP contribution in [-0.2, 0) is 5.41 Å². The van der Waals surface area contributed by atoms with Crippen molar-refractivity contribution >= 4 is 39.9 Å². The first-order valence-electron chi connectivity index (χ1n) is 10.5. The van der Waals surface area contributed by atoms with Crippen molar-refractivity contribution in [1.82, 2.24) is 19.9 Å². The normalized spacial score (nSPS) is 11.2. The minimum Gasteiger partial charge on any atom is -0.373 e. The molecule has 0 radical (unpaired) electrons. The number of nitriles is 1. The lowest BCUT2D eigenvalue weighted by molar-refractivity contribution is 0.102. The smallest absolute Gasteiger partial charge is 0.274 e. The maximum absolute atomic E-state index is 12.9. The van der Waals surface area contributed by atoms with Gasteiger partial charge in [0.25, 0.3) is 5.91 Å². The lowest BCUT2D eigenvalue weighted by atomic mass is 9.86. The molecule has 0 aliphatic rings. The Balaban J connectivity index is 1.69. The molecule has 0 aliphatic carbocycles. The third-order valence-electron chi connectivity index (χ3n) is 5.56. The first-order chi connectivity index (χ1) is 16.2. The van der Waals surface area contributed by atoms with Gasteiger partial charge in [0.15, 0.2) is 0 Å². The highest BCUT2D eigenvalue weighted by molar-refractivity contribution is 6.36. The van der Waals surface area contributed by atoms with Crippen molar-refractivity contribution in [2.75, 3.05) is 17.7 Å². The van der Waals surface area contributed by atoms with Gasteiger partial charge in [-0.25, -0.2) is 4.98 Å². The third kappa shape index (κ3) is 4.38. The van der Waals surface area contributed by atoms with Crippen LogP contribution in [0.1, 0.15) is 35.6 Å². The Kier molecular flexibility index (Phi) is 6.14. The molecule has 9 heteroatoms. The van der Waals surface area contributed by atoms with E-state index in [-0.39, 0.29) is 5.69 Å². The summed E-state index contributed by atoms with van der Waals surface area (Å²) >= 11 is 6.73. The molecule has 0 bridgehead atoms. The number of hydrogen-bond donors (Lipinski definition) is 2. The third-order valence-corrected chi connectivity index (χ3v) is 5.95. The number of pyridine rings is 4. The predicted octanol–water partition coefficient (Wildman–Crippen LogP) is 5.14. The van der Waals surface area contributed by atoms with Gasteiger partial charge in [-0.3, -0.25) is 19.7 Å². The molecule has 0 atom stereocenters. The average molecular weight is 472 g/mol. The number of nitrogens with one attached hydrogen (secondary N) is 2. The van der Waals surface area contributed by atoms with Gasteiger partial charge < -0.3 is 10.6 Å². The van der Waals surface area contributed by atoms with Crippen LogP contribution < -0.4 is 10.6 Å². The van der Waals surface area contributed by atoms with E-state index in [2.05, 4.69) is 36.6 Å². The largest absolute Gasteiger partial charge is 0.373 e. The molecule has 170 valence electrons. The summed E-state index contributed by atoms with van der Waals surface area (Å²) in [5.41, 5.74) is 3.38. The molecule has 1 amide bonds. The Hall–Kier alpha value is -4.09. The lowest BCUT2D eigenvalue weighted by Crippen LogP contribution is -2.18. The number of carbonyl (C=O) groups excluding carboxylic acids is 1. The molecule has 4 aromatic heterocycles. The van der Waals surface area contributed by atoms with Crippen molar-refractivity contribution in [2.45, 2.75) is 26.2 Å². The van der Waals surface area contributed by atoms with Crippen LogP contribution in [-0.4, -0.2) is 32.9 Å². The molecular weight excluding hydrogens is 450 g/mol. The van der Waals surface area contributed by atoms with E-state index in [1.807, 2.05) is 19.1 Å². The Labute approximate surface area is 202 Å². The fraction of sp³-hybridized carbons (Fsp3) is 0.200. The maximum Gasteiger partial charge on any atom is 0.274 e. The fourth-order valence-corrected chi connectivity index (χ4v) is 3.83. The van der Waals surface area contributed by atoms with Crippen molar-refractivity contribution < 1.29 is 4.79 Å². The molecule has 2 N–H and O–H groups in total. The number of anilines is 2. The first-order valence-corrected chi connectivity index (χ1v) is 10.9. The maximum atomic E-state index is 12.9. The second-order valence-corrected chi connectivity index (χ2v) is 8.68. The summed E-state index contributed by atoms with van der Waals surface area (Å²) in [7, 11) is 1.80. The quantitative estimate of drug-likeness (QED) is 0.413. The number of hydrogen-bond acceptors (Lipinski definition) is 7. The second kappa shape index (κ2) is 9.04. The van der Waals surface area contributed by atoms with Crippen LogP contribution in [0.2, 0.25) is 5.02 Å². The van der Waals surface area contributed by atoms with Crippen LogP contribution in [0.25, 0.3) is 22.0 Å². The van der Waals surface area contributed by atoms with Crippen molar-refractivity contribution in [3.05, 3.63) is 71.0 Å². The summed E-state index contributed by atoms with van der Waals surface area (Å²) in [5.74, 6) is 0.277. The first kappa shape index (κ1) is 23.1. The number of rotatable bonds is 5. The van der Waals surface area contributed by atoms with Gasteiger partial charge in [-0.05, 0) is 44.5 Å². The molecule has 0 spiro atoms. The Morgan fingerprint density at radius 2 is 1.88 bits per heavy atom. The van der Waals surface area contributed by atoms with Crippen molar-refractivity contribution in [3.8, 4) is 17.2 Å². The van der Waals surface area contributed by atoms with Gasteiger partial charge in [0, 0.05) is 53.9 Å². The van der Waals surface area contributed by atoms with E-state index in [0.29, 0.717) is 27.5 Å². The van der Waals surface area contributed by atoms with Gasteiger partial charge in [-0.2, -0.15) is 5.26 Å². The van der Waals surface area contributed by atoms with Gasteiger partial charge in [0.1, 0.15) is 11.5 Å². The molecule has 0 saturated heterocycles. The zero-order valence-electron chi connectivity index (χ0n) is 19.1. The Morgan fingerprint density at radius 3 is 2.62 bits per heavy atom. The van der Waals surface area contributed by atoms with E-state index in [4.69, 9.17) is 11.6 Å². The number of fused-ring (bicyclic) bond motifs is 1. The zero-order chi connectivity index (χ0) is 24.5. The highest BCUT2D eigenvalue weighted by Gasteiger charge is 2.22. The van der Waals surface area contributed by atoms with Crippen LogP contribution in [0.3, 0.4) is 0 Å². The van der Waals surface area contributed by atoms with Crippen LogP contribution in [0.15, 0.2) is 49.1 Å². The zero-order valence-corrected chi connectivity index (χ0v) is 19.9. The predicted molar refractivity (Wildman–Crippen MR) is 133 cm³/mol. The van der Waals surface area contributed by atoms with Gasteiger partial charge in [0.05, 0.1) is 33.9 Å². The van der Waals surface area contributed by atoms with Crippen LogP contribution in [0.4, 0.5) is 11.5 Å². The summed E-state index contributed by atoms with van der Waals surface area (Å²) in [6.45, 7) is 5.40. The van der Waals surface area contributed by atoms with E-state index in [9.17, 15) is 10.1 Å². The second-order valence-electron chi connectivity index (χ2n) is 8.30.